The molecule has 13 heteroatoms. The number of hydrogen-bond donors (Lipinski definition) is 1. The number of fused-ring (bicyclic) bond motifs is 1. The van der Waals surface area contributed by atoms with Crippen molar-refractivity contribution in [1.82, 2.24) is 9.88 Å². The lowest BCUT2D eigenvalue weighted by Gasteiger charge is -2.39. The molecule has 1 aliphatic rings. The van der Waals surface area contributed by atoms with Gasteiger partial charge in [0.05, 0.1) is 22.0 Å². The molecule has 0 unspecified atom stereocenters. The van der Waals surface area contributed by atoms with Crippen LogP contribution in [0.5, 0.6) is 0 Å². The van der Waals surface area contributed by atoms with Crippen molar-refractivity contribution < 1.29 is 41.2 Å². The Morgan fingerprint density at radius 1 is 1.08 bits per heavy atom. The minimum atomic E-state index is -5.09. The molecule has 0 radical (unpaired) electrons. The number of aromatic nitrogens is 1. The van der Waals surface area contributed by atoms with Gasteiger partial charge in [0.1, 0.15) is 11.8 Å². The van der Waals surface area contributed by atoms with Gasteiger partial charge in [-0.25, -0.2) is 4.98 Å². The van der Waals surface area contributed by atoms with Crippen LogP contribution < -0.4 is 0 Å². The van der Waals surface area contributed by atoms with Crippen LogP contribution in [0.4, 0.5) is 32.0 Å². The van der Waals surface area contributed by atoms with Crippen molar-refractivity contribution in [2.24, 2.45) is 0 Å². The van der Waals surface area contributed by atoms with Crippen LogP contribution in [0.15, 0.2) is 48.5 Å². The van der Waals surface area contributed by atoms with Gasteiger partial charge in [0.2, 0.25) is 5.91 Å². The molecule has 0 spiro atoms. The fourth-order valence-electron chi connectivity index (χ4n) is 4.98. The number of amides is 1. The van der Waals surface area contributed by atoms with Gasteiger partial charge in [0, 0.05) is 30.0 Å². The third-order valence-corrected chi connectivity index (χ3v) is 6.82. The van der Waals surface area contributed by atoms with E-state index in [-0.39, 0.29) is 36.9 Å². The molecule has 1 aromatic heterocycles. The predicted molar refractivity (Wildman–Crippen MR) is 127 cm³/mol. The molecule has 0 bridgehead atoms. The molecule has 7 nitrogen and oxygen atoms in total. The van der Waals surface area contributed by atoms with Crippen LogP contribution in [-0.4, -0.2) is 38.4 Å². The summed E-state index contributed by atoms with van der Waals surface area (Å²) in [5, 5.41) is 22.3. The van der Waals surface area contributed by atoms with Crippen molar-refractivity contribution in [3.05, 3.63) is 81.0 Å². The first-order chi connectivity index (χ1) is 18.3. The third kappa shape index (κ3) is 5.97. The number of hydrogen-bond acceptors (Lipinski definition) is 5. The number of aryl methyl sites for hydroxylation is 1. The highest BCUT2D eigenvalue weighted by Gasteiger charge is 2.40. The number of rotatable bonds is 6. The van der Waals surface area contributed by atoms with E-state index in [2.05, 4.69) is 4.98 Å². The first kappa shape index (κ1) is 28.3. The average molecular weight is 555 g/mol. The molecule has 39 heavy (non-hydrogen) atoms. The van der Waals surface area contributed by atoms with E-state index in [4.69, 9.17) is 0 Å². The van der Waals surface area contributed by atoms with E-state index in [0.717, 1.165) is 12.1 Å². The third-order valence-electron chi connectivity index (χ3n) is 6.82. The van der Waals surface area contributed by atoms with E-state index in [1.807, 2.05) is 0 Å². The second-order valence-electron chi connectivity index (χ2n) is 9.27. The number of nitro groups is 1. The van der Waals surface area contributed by atoms with Gasteiger partial charge in [-0.15, -0.1) is 0 Å². The molecule has 0 saturated carbocycles. The van der Waals surface area contributed by atoms with Gasteiger partial charge in [-0.1, -0.05) is 30.3 Å². The smallest absolute Gasteiger partial charge is 0.386 e. The molecule has 3 aromatic rings. The Labute approximate surface area is 218 Å². The molecule has 1 fully saturated rings. The molecule has 2 heterocycles. The van der Waals surface area contributed by atoms with Crippen molar-refractivity contribution in [2.75, 3.05) is 6.54 Å². The lowest BCUT2D eigenvalue weighted by molar-refractivity contribution is -0.385. The van der Waals surface area contributed by atoms with Crippen molar-refractivity contribution in [3.8, 4) is 0 Å². The number of nitro benzene ring substituents is 1. The van der Waals surface area contributed by atoms with Crippen molar-refractivity contribution in [1.29, 1.82) is 0 Å². The van der Waals surface area contributed by atoms with Gasteiger partial charge >= 0.3 is 12.4 Å². The Bertz CT molecular complexity index is 1390. The van der Waals surface area contributed by atoms with Crippen LogP contribution in [0.2, 0.25) is 0 Å². The topological polar surface area (TPSA) is 96.6 Å². The summed E-state index contributed by atoms with van der Waals surface area (Å²) in [6.07, 6.45) is -10.7. The fourth-order valence-corrected chi connectivity index (χ4v) is 4.98. The summed E-state index contributed by atoms with van der Waals surface area (Å²) in [7, 11) is 0. The number of aliphatic hydroxyl groups is 1. The normalized spacial score (nSPS) is 17.3. The number of piperidine rings is 1. The summed E-state index contributed by atoms with van der Waals surface area (Å²) < 4.78 is 81.8. The number of carbonyl (C=O) groups is 1. The molecule has 2 atom stereocenters. The highest BCUT2D eigenvalue weighted by atomic mass is 19.4. The van der Waals surface area contributed by atoms with Gasteiger partial charge in [-0.05, 0) is 43.4 Å². The van der Waals surface area contributed by atoms with E-state index in [0.29, 0.717) is 30.5 Å². The number of para-hydroxylation sites is 2. The monoisotopic (exact) mass is 555 g/mol. The van der Waals surface area contributed by atoms with Gasteiger partial charge in [-0.2, -0.15) is 26.3 Å². The predicted octanol–water partition coefficient (Wildman–Crippen LogP) is 6.23. The maximum Gasteiger partial charge on any atom is 0.433 e. The number of carbonyl (C=O) groups excluding carboxylic acids is 1. The second kappa shape index (κ2) is 10.8. The summed E-state index contributed by atoms with van der Waals surface area (Å²) in [6.45, 7) is 0.167. The molecule has 4 rings (SSSR count). The number of alkyl halides is 6. The zero-order chi connectivity index (χ0) is 28.5. The molecule has 0 aliphatic carbocycles. The minimum absolute atomic E-state index is 0.0145. The van der Waals surface area contributed by atoms with E-state index >= 15 is 0 Å². The summed E-state index contributed by atoms with van der Waals surface area (Å²) in [5.41, 5.74) is -4.17. The highest BCUT2D eigenvalue weighted by Crippen LogP contribution is 2.41. The molecule has 2 aromatic carbocycles. The summed E-state index contributed by atoms with van der Waals surface area (Å²) >= 11 is 0. The second-order valence-corrected chi connectivity index (χ2v) is 9.27. The van der Waals surface area contributed by atoms with Crippen LogP contribution in [0, 0.1) is 10.1 Å². The molecule has 1 aliphatic heterocycles. The number of halogens is 6. The quantitative estimate of drug-likeness (QED) is 0.221. The molecular formula is C26H23F6N3O4. The summed E-state index contributed by atoms with van der Waals surface area (Å²) in [5.74, 6) is -0.484. The zero-order valence-electron chi connectivity index (χ0n) is 20.3. The lowest BCUT2D eigenvalue weighted by Crippen LogP contribution is -2.47. The number of pyridine rings is 1. The molecule has 1 amide bonds. The lowest BCUT2D eigenvalue weighted by atomic mass is 9.89. The number of nitrogens with zero attached hydrogens (tertiary/aromatic N) is 3. The summed E-state index contributed by atoms with van der Waals surface area (Å²) in [6, 6.07) is 8.18. The van der Waals surface area contributed by atoms with Crippen molar-refractivity contribution in [3.63, 3.8) is 0 Å². The Morgan fingerprint density at radius 2 is 1.79 bits per heavy atom. The van der Waals surface area contributed by atoms with Gasteiger partial charge < -0.3 is 10.0 Å². The van der Waals surface area contributed by atoms with Gasteiger partial charge in [-0.3, -0.25) is 14.9 Å². The van der Waals surface area contributed by atoms with Crippen molar-refractivity contribution >= 4 is 22.5 Å². The van der Waals surface area contributed by atoms with Crippen LogP contribution in [0.1, 0.15) is 54.2 Å². The molecule has 1 saturated heterocycles. The molecule has 208 valence electrons. The van der Waals surface area contributed by atoms with Gasteiger partial charge in [0.25, 0.3) is 5.69 Å². The number of aliphatic hydroxyl groups excluding tert-OH is 1. The average Bonchev–Trinajstić information content (AvgIpc) is 2.89. The maximum atomic E-state index is 13.6. The Balaban J connectivity index is 1.70. The summed E-state index contributed by atoms with van der Waals surface area (Å²) in [4.78, 5) is 28.4. The van der Waals surface area contributed by atoms with Crippen LogP contribution in [0.25, 0.3) is 10.9 Å². The fraction of sp³-hybridized carbons (Fsp3) is 0.385. The van der Waals surface area contributed by atoms with E-state index in [9.17, 15) is 46.4 Å². The Morgan fingerprint density at radius 3 is 2.46 bits per heavy atom. The minimum Gasteiger partial charge on any atom is -0.386 e. The van der Waals surface area contributed by atoms with E-state index < -0.39 is 57.7 Å². The standard InChI is InChI=1S/C26H23F6N3O4/c27-25(28,29)18-8-5-7-16-17(14-21(26(30,31)32)33-23(16)18)24(37)20-10-3-4-13-34(20)22(36)12-11-15-6-1-2-9-19(15)35(38)39/h1-2,5-9,14,20,24,37H,3-4,10-13H2/t20-,24+/m1/s1. The number of benzene rings is 2. The first-order valence-corrected chi connectivity index (χ1v) is 12.1. The number of likely N-dealkylation sites (tertiary alicyclic amines) is 1. The molecular weight excluding hydrogens is 532 g/mol. The first-order valence-electron chi connectivity index (χ1n) is 12.1. The SMILES string of the molecule is O=C(CCc1ccccc1[N+](=O)[O-])N1CCCC[C@@H]1[C@@H](O)c1cc(C(F)(F)F)nc2c(C(F)(F)F)cccc12. The van der Waals surface area contributed by atoms with E-state index in [1.165, 1.54) is 23.1 Å². The Hall–Kier alpha value is -3.74. The maximum absolute atomic E-state index is 13.6. The van der Waals surface area contributed by atoms with Crippen LogP contribution in [0.3, 0.4) is 0 Å². The van der Waals surface area contributed by atoms with Crippen molar-refractivity contribution in [2.45, 2.75) is 56.6 Å². The van der Waals surface area contributed by atoms with Gasteiger partial charge in [0.15, 0.2) is 0 Å². The Kier molecular flexibility index (Phi) is 7.82. The van der Waals surface area contributed by atoms with Crippen LogP contribution >= 0.6 is 0 Å². The van der Waals surface area contributed by atoms with Crippen LogP contribution in [-0.2, 0) is 23.6 Å². The van der Waals surface area contributed by atoms with E-state index in [1.54, 1.807) is 6.07 Å². The largest absolute Gasteiger partial charge is 0.433 e. The zero-order valence-corrected chi connectivity index (χ0v) is 20.3. The highest BCUT2D eigenvalue weighted by molar-refractivity contribution is 5.86. The molecule has 1 N–H and O–H groups in total.